The van der Waals surface area contributed by atoms with E-state index in [0.29, 0.717) is 31.8 Å². The van der Waals surface area contributed by atoms with E-state index >= 15 is 0 Å². The zero-order valence-corrected chi connectivity index (χ0v) is 20.1. The van der Waals surface area contributed by atoms with E-state index in [9.17, 15) is 9.50 Å². The summed E-state index contributed by atoms with van der Waals surface area (Å²) in [5.41, 5.74) is 0. The summed E-state index contributed by atoms with van der Waals surface area (Å²) < 4.78 is 55.4. The third-order valence-corrected chi connectivity index (χ3v) is 7.21. The Kier molecular flexibility index (Phi) is 8.88. The molecule has 196 valence electrons. The summed E-state index contributed by atoms with van der Waals surface area (Å²) in [5.74, 6) is 0.297. The van der Waals surface area contributed by atoms with E-state index in [1.165, 1.54) is 12.1 Å². The average molecular weight is 497 g/mol. The largest absolute Gasteiger partial charge is 0.491 e. The molecule has 1 aromatic carbocycles. The van der Waals surface area contributed by atoms with Crippen LogP contribution in [0, 0.1) is 11.7 Å². The number of aliphatic hydroxyl groups is 1. The zero-order chi connectivity index (χ0) is 24.0. The quantitative estimate of drug-likeness (QED) is 0.527. The van der Waals surface area contributed by atoms with Crippen molar-refractivity contribution in [1.29, 1.82) is 0 Å². The minimum atomic E-state index is -0.771. The fraction of sp³-hybridized carbons (Fsp3) is 0.769. The molecule has 35 heavy (non-hydrogen) atoms. The highest BCUT2D eigenvalue weighted by Crippen LogP contribution is 2.42. The third kappa shape index (κ3) is 6.91. The highest BCUT2D eigenvalue weighted by Gasteiger charge is 2.51. The number of benzene rings is 1. The lowest BCUT2D eigenvalue weighted by molar-refractivity contribution is -0.227. The van der Waals surface area contributed by atoms with Gasteiger partial charge < -0.3 is 38.3 Å². The molecule has 0 bridgehead atoms. The number of hydrogen-bond donors (Lipinski definition) is 1. The lowest BCUT2D eigenvalue weighted by atomic mass is 10.0. The molecule has 3 aliphatic heterocycles. The van der Waals surface area contributed by atoms with Crippen molar-refractivity contribution < 1.29 is 42.7 Å². The molecule has 8 atom stereocenters. The number of ether oxygens (including phenoxy) is 7. The van der Waals surface area contributed by atoms with E-state index in [1.54, 1.807) is 12.1 Å². The predicted molar refractivity (Wildman–Crippen MR) is 122 cm³/mol. The van der Waals surface area contributed by atoms with Gasteiger partial charge in [0, 0.05) is 32.0 Å². The maximum absolute atomic E-state index is 13.3. The third-order valence-electron chi connectivity index (χ3n) is 7.21. The van der Waals surface area contributed by atoms with Gasteiger partial charge in [0.1, 0.15) is 24.3 Å². The molecule has 4 aliphatic rings. The van der Waals surface area contributed by atoms with Crippen molar-refractivity contribution in [3.63, 3.8) is 0 Å². The maximum Gasteiger partial charge on any atom is 0.158 e. The first kappa shape index (κ1) is 25.3. The molecular formula is C26H37FO8. The van der Waals surface area contributed by atoms with E-state index in [-0.39, 0.29) is 61.9 Å². The molecule has 0 radical (unpaired) electrons. The molecule has 0 spiro atoms. The van der Waals surface area contributed by atoms with Crippen LogP contribution in [0.3, 0.4) is 0 Å². The average Bonchev–Trinajstić information content (AvgIpc) is 3.38. The molecule has 3 saturated heterocycles. The molecule has 7 unspecified atom stereocenters. The fourth-order valence-corrected chi connectivity index (χ4v) is 5.43. The van der Waals surface area contributed by atoms with Crippen LogP contribution in [0.5, 0.6) is 5.75 Å². The Morgan fingerprint density at radius 1 is 0.943 bits per heavy atom. The molecule has 3 heterocycles. The molecule has 1 saturated carbocycles. The van der Waals surface area contributed by atoms with Crippen LogP contribution in [-0.2, 0) is 28.4 Å². The monoisotopic (exact) mass is 496 g/mol. The normalized spacial score (nSPS) is 36.1. The van der Waals surface area contributed by atoms with Gasteiger partial charge in [-0.3, -0.25) is 0 Å². The summed E-state index contributed by atoms with van der Waals surface area (Å²) in [7, 11) is 0. The van der Waals surface area contributed by atoms with Crippen molar-refractivity contribution in [1.82, 2.24) is 0 Å². The maximum atomic E-state index is 13.3. The molecule has 4 fully saturated rings. The van der Waals surface area contributed by atoms with Gasteiger partial charge in [0.15, 0.2) is 18.9 Å². The second-order valence-electron chi connectivity index (χ2n) is 9.85. The van der Waals surface area contributed by atoms with E-state index in [1.807, 2.05) is 0 Å². The second-order valence-corrected chi connectivity index (χ2v) is 9.85. The lowest BCUT2D eigenvalue weighted by Gasteiger charge is -2.32. The molecule has 0 amide bonds. The second kappa shape index (κ2) is 12.3. The van der Waals surface area contributed by atoms with Crippen LogP contribution >= 0.6 is 0 Å². The van der Waals surface area contributed by atoms with Crippen LogP contribution < -0.4 is 4.74 Å². The molecular weight excluding hydrogens is 459 g/mol. The molecule has 1 N–H and O–H groups in total. The minimum Gasteiger partial charge on any atom is -0.491 e. The lowest BCUT2D eigenvalue weighted by Crippen LogP contribution is -2.40. The van der Waals surface area contributed by atoms with Crippen LogP contribution in [0.4, 0.5) is 4.39 Å². The summed E-state index contributed by atoms with van der Waals surface area (Å²) in [5, 5.41) is 10.1. The summed E-state index contributed by atoms with van der Waals surface area (Å²) in [6, 6.07) is 5.92. The van der Waals surface area contributed by atoms with Crippen LogP contribution in [0.1, 0.15) is 51.4 Å². The van der Waals surface area contributed by atoms with Gasteiger partial charge in [-0.25, -0.2) is 4.39 Å². The number of aliphatic hydroxyl groups excluding tert-OH is 1. The molecule has 0 aromatic heterocycles. The van der Waals surface area contributed by atoms with Crippen molar-refractivity contribution in [2.24, 2.45) is 5.92 Å². The van der Waals surface area contributed by atoms with Crippen LogP contribution in [0.15, 0.2) is 24.3 Å². The van der Waals surface area contributed by atoms with E-state index in [2.05, 4.69) is 0 Å². The summed E-state index contributed by atoms with van der Waals surface area (Å²) in [4.78, 5) is 0. The summed E-state index contributed by atoms with van der Waals surface area (Å²) >= 11 is 0. The highest BCUT2D eigenvalue weighted by atomic mass is 19.1. The van der Waals surface area contributed by atoms with Gasteiger partial charge in [0.2, 0.25) is 0 Å². The Morgan fingerprint density at radius 3 is 2.40 bits per heavy atom. The highest BCUT2D eigenvalue weighted by molar-refractivity contribution is 5.22. The van der Waals surface area contributed by atoms with Crippen LogP contribution in [0.2, 0.25) is 0 Å². The topological polar surface area (TPSA) is 84.8 Å². The van der Waals surface area contributed by atoms with Gasteiger partial charge in [-0.15, -0.1) is 0 Å². The molecule has 5 rings (SSSR count). The first-order chi connectivity index (χ1) is 17.1. The number of rotatable bonds is 10. The van der Waals surface area contributed by atoms with Crippen molar-refractivity contribution in [2.75, 3.05) is 26.4 Å². The molecule has 1 aromatic rings. The molecule has 8 nitrogen and oxygen atoms in total. The first-order valence-corrected chi connectivity index (χ1v) is 13.0. The summed E-state index contributed by atoms with van der Waals surface area (Å²) in [6.45, 7) is 1.90. The van der Waals surface area contributed by atoms with Gasteiger partial charge in [-0.05, 0) is 62.8 Å². The Balaban J connectivity index is 1.22. The number of hydrogen-bond acceptors (Lipinski definition) is 8. The Bertz CT molecular complexity index is 767. The van der Waals surface area contributed by atoms with E-state index < -0.39 is 6.29 Å². The Labute approximate surface area is 205 Å². The van der Waals surface area contributed by atoms with Crippen LogP contribution in [-0.4, -0.2) is 74.8 Å². The van der Waals surface area contributed by atoms with Crippen LogP contribution in [0.25, 0.3) is 0 Å². The number of fused-ring (bicyclic) bond motifs is 1. The predicted octanol–water partition coefficient (Wildman–Crippen LogP) is 3.54. The Hall–Kier alpha value is -1.33. The van der Waals surface area contributed by atoms with Gasteiger partial charge >= 0.3 is 0 Å². The van der Waals surface area contributed by atoms with Gasteiger partial charge in [0.05, 0.1) is 24.9 Å². The molecule has 1 aliphatic carbocycles. The SMILES string of the molecule is OC1C[C@@H]2C(CC(OC3CCCCO3)C2OCC(COc2ccc(F)cc2)OC2CCCCO2)O1. The zero-order valence-electron chi connectivity index (χ0n) is 20.1. The van der Waals surface area contributed by atoms with Gasteiger partial charge in [0.25, 0.3) is 0 Å². The Morgan fingerprint density at radius 2 is 1.69 bits per heavy atom. The van der Waals surface area contributed by atoms with E-state index in [4.69, 9.17) is 33.2 Å². The van der Waals surface area contributed by atoms with Crippen molar-refractivity contribution in [3.8, 4) is 5.75 Å². The number of halogens is 1. The first-order valence-electron chi connectivity index (χ1n) is 13.0. The van der Waals surface area contributed by atoms with Gasteiger partial charge in [-0.2, -0.15) is 0 Å². The van der Waals surface area contributed by atoms with E-state index in [0.717, 1.165) is 38.5 Å². The van der Waals surface area contributed by atoms with Crippen molar-refractivity contribution in [3.05, 3.63) is 30.1 Å². The van der Waals surface area contributed by atoms with Gasteiger partial charge in [-0.1, -0.05) is 0 Å². The molecule has 9 heteroatoms. The minimum absolute atomic E-state index is 0.0446. The van der Waals surface area contributed by atoms with Crippen molar-refractivity contribution in [2.45, 2.75) is 94.7 Å². The summed E-state index contributed by atoms with van der Waals surface area (Å²) in [6.07, 6.45) is 4.90. The smallest absolute Gasteiger partial charge is 0.158 e. The standard InChI is InChI=1S/C26H37FO8/c27-17-7-9-18(10-8-17)31-15-19(33-24-5-1-3-11-29-24)16-32-26-20-13-23(28)34-21(20)14-22(26)35-25-6-2-4-12-30-25/h7-10,19-26,28H,1-6,11-16H2/t19?,20-,21?,22?,23?,24?,25?,26?/m1/s1. The van der Waals surface area contributed by atoms with Crippen molar-refractivity contribution >= 4 is 0 Å². The fourth-order valence-electron chi connectivity index (χ4n) is 5.43.